The molecule has 0 bridgehead atoms. The highest BCUT2D eigenvalue weighted by atomic mass is 35.5. The van der Waals surface area contributed by atoms with Crippen molar-refractivity contribution in [2.24, 2.45) is 0 Å². The summed E-state index contributed by atoms with van der Waals surface area (Å²) in [4.78, 5) is 29.8. The lowest BCUT2D eigenvalue weighted by atomic mass is 9.93. The highest BCUT2D eigenvalue weighted by Gasteiger charge is 2.22. The third-order valence-electron chi connectivity index (χ3n) is 4.45. The standard InChI is InChI=1S/C21H19Cl2N3O2/c1-4-19(27)16-10-14(22)8-12(2)15(16)11-20(28)18-9-13(3)25-26(18)21-17(23)6-5-7-24-21/h5-10H,4,11H2,1-3H3. The summed E-state index contributed by atoms with van der Waals surface area (Å²) in [5.41, 5.74) is 3.00. The van der Waals surface area contributed by atoms with Crippen molar-refractivity contribution >= 4 is 34.8 Å². The number of carbonyl (C=O) groups is 2. The summed E-state index contributed by atoms with van der Waals surface area (Å²) in [7, 11) is 0. The Kier molecular flexibility index (Phi) is 5.96. The van der Waals surface area contributed by atoms with Crippen LogP contribution in [0.25, 0.3) is 5.82 Å². The minimum Gasteiger partial charge on any atom is -0.294 e. The Hall–Kier alpha value is -2.50. The molecular formula is C21H19Cl2N3O2. The maximum Gasteiger partial charge on any atom is 0.185 e. The van der Waals surface area contributed by atoms with Gasteiger partial charge in [0, 0.05) is 29.6 Å². The Morgan fingerprint density at radius 3 is 2.54 bits per heavy atom. The molecule has 0 amide bonds. The topological polar surface area (TPSA) is 64.8 Å². The van der Waals surface area contributed by atoms with Crippen LogP contribution in [-0.4, -0.2) is 26.3 Å². The second-order valence-corrected chi connectivity index (χ2v) is 7.36. The quantitative estimate of drug-likeness (QED) is 0.518. The molecule has 0 aliphatic heterocycles. The monoisotopic (exact) mass is 415 g/mol. The number of aryl methyl sites for hydroxylation is 2. The van der Waals surface area contributed by atoms with E-state index >= 15 is 0 Å². The summed E-state index contributed by atoms with van der Waals surface area (Å²) >= 11 is 12.4. The van der Waals surface area contributed by atoms with Crippen LogP contribution >= 0.6 is 23.2 Å². The summed E-state index contributed by atoms with van der Waals surface area (Å²) in [5, 5.41) is 5.25. The molecule has 0 unspecified atom stereocenters. The largest absolute Gasteiger partial charge is 0.294 e. The second-order valence-electron chi connectivity index (χ2n) is 6.52. The van der Waals surface area contributed by atoms with Gasteiger partial charge in [-0.2, -0.15) is 5.10 Å². The van der Waals surface area contributed by atoms with Gasteiger partial charge in [-0.1, -0.05) is 30.1 Å². The van der Waals surface area contributed by atoms with E-state index in [4.69, 9.17) is 23.2 Å². The molecule has 5 nitrogen and oxygen atoms in total. The van der Waals surface area contributed by atoms with Crippen molar-refractivity contribution in [1.82, 2.24) is 14.8 Å². The number of halogens is 2. The smallest absolute Gasteiger partial charge is 0.185 e. The first-order valence-corrected chi connectivity index (χ1v) is 9.60. The predicted octanol–water partition coefficient (Wildman–Crippen LogP) is 5.21. The molecule has 28 heavy (non-hydrogen) atoms. The van der Waals surface area contributed by atoms with E-state index in [0.717, 1.165) is 5.56 Å². The van der Waals surface area contributed by atoms with Crippen molar-refractivity contribution in [2.75, 3.05) is 0 Å². The van der Waals surface area contributed by atoms with E-state index in [1.165, 1.54) is 4.68 Å². The molecule has 0 fully saturated rings. The minimum absolute atomic E-state index is 0.0501. The first-order valence-electron chi connectivity index (χ1n) is 8.84. The number of benzene rings is 1. The molecule has 3 aromatic rings. The molecule has 144 valence electrons. The highest BCUT2D eigenvalue weighted by molar-refractivity contribution is 6.32. The molecule has 3 rings (SSSR count). The number of ketones is 2. The van der Waals surface area contributed by atoms with E-state index < -0.39 is 0 Å². The van der Waals surface area contributed by atoms with E-state index in [0.29, 0.717) is 44.8 Å². The maximum atomic E-state index is 13.2. The summed E-state index contributed by atoms with van der Waals surface area (Å²) in [6, 6.07) is 8.48. The van der Waals surface area contributed by atoms with Crippen LogP contribution in [-0.2, 0) is 6.42 Å². The van der Waals surface area contributed by atoms with Gasteiger partial charge in [0.2, 0.25) is 0 Å². The van der Waals surface area contributed by atoms with Crippen molar-refractivity contribution < 1.29 is 9.59 Å². The highest BCUT2D eigenvalue weighted by Crippen LogP contribution is 2.25. The van der Waals surface area contributed by atoms with E-state index in [9.17, 15) is 9.59 Å². The van der Waals surface area contributed by atoms with Crippen LogP contribution in [0.4, 0.5) is 0 Å². The van der Waals surface area contributed by atoms with Crippen LogP contribution in [0.1, 0.15) is 51.0 Å². The number of pyridine rings is 1. The average Bonchev–Trinajstić information content (AvgIpc) is 3.05. The Labute approximate surface area is 173 Å². The fourth-order valence-electron chi connectivity index (χ4n) is 3.09. The van der Waals surface area contributed by atoms with E-state index in [2.05, 4.69) is 10.1 Å². The van der Waals surface area contributed by atoms with Gasteiger partial charge >= 0.3 is 0 Å². The number of rotatable bonds is 6. The molecule has 0 N–H and O–H groups in total. The van der Waals surface area contributed by atoms with Crippen molar-refractivity contribution in [3.05, 3.63) is 74.7 Å². The number of carbonyl (C=O) groups excluding carboxylic acids is 2. The molecule has 1 aromatic carbocycles. The van der Waals surface area contributed by atoms with Crippen LogP contribution in [0.15, 0.2) is 36.5 Å². The zero-order valence-corrected chi connectivity index (χ0v) is 17.3. The number of aromatic nitrogens is 3. The van der Waals surface area contributed by atoms with Crippen LogP contribution in [0.3, 0.4) is 0 Å². The van der Waals surface area contributed by atoms with Gasteiger partial charge in [-0.15, -0.1) is 0 Å². The van der Waals surface area contributed by atoms with Gasteiger partial charge in [0.1, 0.15) is 5.69 Å². The van der Waals surface area contributed by atoms with Gasteiger partial charge in [-0.3, -0.25) is 9.59 Å². The van der Waals surface area contributed by atoms with Crippen LogP contribution in [0.2, 0.25) is 10.0 Å². The summed E-state index contributed by atoms with van der Waals surface area (Å²) in [6.07, 6.45) is 1.98. The lowest BCUT2D eigenvalue weighted by Crippen LogP contribution is -2.15. The number of hydrogen-bond donors (Lipinski definition) is 0. The van der Waals surface area contributed by atoms with Crippen LogP contribution in [0.5, 0.6) is 0 Å². The lowest BCUT2D eigenvalue weighted by Gasteiger charge is -2.13. The van der Waals surface area contributed by atoms with Crippen LogP contribution < -0.4 is 0 Å². The fourth-order valence-corrected chi connectivity index (χ4v) is 3.57. The van der Waals surface area contributed by atoms with Crippen molar-refractivity contribution in [1.29, 1.82) is 0 Å². The van der Waals surface area contributed by atoms with Gasteiger partial charge in [-0.25, -0.2) is 9.67 Å². The molecule has 2 aromatic heterocycles. The van der Waals surface area contributed by atoms with Gasteiger partial charge in [0.05, 0.1) is 10.7 Å². The molecule has 0 aliphatic rings. The third kappa shape index (κ3) is 4.01. The van der Waals surface area contributed by atoms with E-state index in [1.807, 2.05) is 6.92 Å². The third-order valence-corrected chi connectivity index (χ3v) is 4.97. The number of hydrogen-bond acceptors (Lipinski definition) is 4. The van der Waals surface area contributed by atoms with Crippen molar-refractivity contribution in [2.45, 2.75) is 33.6 Å². The van der Waals surface area contributed by atoms with Gasteiger partial charge in [-0.05, 0) is 55.3 Å². The van der Waals surface area contributed by atoms with Gasteiger partial charge in [0.25, 0.3) is 0 Å². The first-order chi connectivity index (χ1) is 13.3. The Morgan fingerprint density at radius 1 is 1.11 bits per heavy atom. The van der Waals surface area contributed by atoms with E-state index in [1.54, 1.807) is 50.4 Å². The van der Waals surface area contributed by atoms with E-state index in [-0.39, 0.29) is 18.0 Å². The maximum absolute atomic E-state index is 13.2. The summed E-state index contributed by atoms with van der Waals surface area (Å²) in [5.74, 6) is 0.155. The van der Waals surface area contributed by atoms with Gasteiger partial charge < -0.3 is 0 Å². The van der Waals surface area contributed by atoms with Crippen molar-refractivity contribution in [3.63, 3.8) is 0 Å². The van der Waals surface area contributed by atoms with Gasteiger partial charge in [0.15, 0.2) is 17.4 Å². The second kappa shape index (κ2) is 8.25. The molecule has 0 spiro atoms. The molecule has 0 atom stereocenters. The van der Waals surface area contributed by atoms with Crippen LogP contribution in [0, 0.1) is 13.8 Å². The molecular weight excluding hydrogens is 397 g/mol. The SMILES string of the molecule is CCC(=O)c1cc(Cl)cc(C)c1CC(=O)c1cc(C)nn1-c1ncccc1Cl. The molecule has 2 heterocycles. The average molecular weight is 416 g/mol. The number of Topliss-reactive ketones (excluding diaryl/α,β-unsaturated/α-hetero) is 2. The molecule has 0 saturated heterocycles. The summed E-state index contributed by atoms with van der Waals surface area (Å²) in [6.45, 7) is 5.43. The summed E-state index contributed by atoms with van der Waals surface area (Å²) < 4.78 is 1.45. The molecule has 0 saturated carbocycles. The lowest BCUT2D eigenvalue weighted by molar-refractivity contribution is 0.0982. The minimum atomic E-state index is -0.183. The zero-order chi connectivity index (χ0) is 20.4. The fraction of sp³-hybridized carbons (Fsp3) is 0.238. The Morgan fingerprint density at radius 2 is 1.86 bits per heavy atom. The van der Waals surface area contributed by atoms with Crippen molar-refractivity contribution in [3.8, 4) is 5.82 Å². The normalized spacial score (nSPS) is 10.9. The number of nitrogens with zero attached hydrogens (tertiary/aromatic N) is 3. The molecule has 0 radical (unpaired) electrons. The molecule has 7 heteroatoms. The Balaban J connectivity index is 2.05. The first kappa shape index (κ1) is 20.2. The molecule has 0 aliphatic carbocycles. The predicted molar refractivity (Wildman–Crippen MR) is 110 cm³/mol. The zero-order valence-electron chi connectivity index (χ0n) is 15.8. The Bertz CT molecular complexity index is 1070.